The lowest BCUT2D eigenvalue weighted by molar-refractivity contribution is 0.0681. The van der Waals surface area contributed by atoms with Crippen LogP contribution in [0.15, 0.2) is 6.20 Å². The van der Waals surface area contributed by atoms with Gasteiger partial charge in [0.05, 0.1) is 17.4 Å². The summed E-state index contributed by atoms with van der Waals surface area (Å²) in [6.45, 7) is 0. The van der Waals surface area contributed by atoms with Gasteiger partial charge in [-0.15, -0.1) is 0 Å². The van der Waals surface area contributed by atoms with E-state index in [0.717, 1.165) is 37.8 Å². The second-order valence-corrected chi connectivity index (χ2v) is 7.13. The lowest BCUT2D eigenvalue weighted by Gasteiger charge is -2.28. The quantitative estimate of drug-likeness (QED) is 0.836. The molecule has 1 aromatic rings. The number of primary amides is 1. The summed E-state index contributed by atoms with van der Waals surface area (Å²) in [5.41, 5.74) is 6.77. The molecular formula is C18H28N4O2. The number of nitrogens with one attached hydrogen (secondary N) is 1. The molecule has 2 fully saturated rings. The molecule has 1 heterocycles. The van der Waals surface area contributed by atoms with Crippen LogP contribution >= 0.6 is 0 Å². The number of anilines is 1. The minimum Gasteiger partial charge on any atom is -0.381 e. The van der Waals surface area contributed by atoms with E-state index in [2.05, 4.69) is 15.3 Å². The molecule has 24 heavy (non-hydrogen) atoms. The second kappa shape index (κ2) is 7.92. The average Bonchev–Trinajstić information content (AvgIpc) is 3.08. The lowest BCUT2D eigenvalue weighted by atomic mass is 9.93. The Bertz CT molecular complexity index is 564. The minimum atomic E-state index is -0.435. The first-order chi connectivity index (χ1) is 11.7. The third-order valence-corrected chi connectivity index (χ3v) is 5.43. The summed E-state index contributed by atoms with van der Waals surface area (Å²) in [5, 5.41) is 3.43. The van der Waals surface area contributed by atoms with E-state index in [-0.39, 0.29) is 0 Å². The van der Waals surface area contributed by atoms with Crippen molar-refractivity contribution in [2.45, 2.75) is 69.9 Å². The lowest BCUT2D eigenvalue weighted by Crippen LogP contribution is -2.30. The third-order valence-electron chi connectivity index (χ3n) is 5.43. The molecule has 132 valence electrons. The monoisotopic (exact) mass is 332 g/mol. The zero-order valence-electron chi connectivity index (χ0n) is 14.5. The fraction of sp³-hybridized carbons (Fsp3) is 0.722. The Hall–Kier alpha value is -1.69. The van der Waals surface area contributed by atoms with Crippen molar-refractivity contribution in [2.75, 3.05) is 12.4 Å². The Kier molecular flexibility index (Phi) is 5.66. The number of rotatable bonds is 6. The highest BCUT2D eigenvalue weighted by atomic mass is 16.5. The minimum absolute atomic E-state index is 0.371. The smallest absolute Gasteiger partial charge is 0.252 e. The van der Waals surface area contributed by atoms with Crippen LogP contribution in [0.4, 0.5) is 5.95 Å². The molecule has 0 atom stereocenters. The summed E-state index contributed by atoms with van der Waals surface area (Å²) in [6, 6.07) is 0.371. The van der Waals surface area contributed by atoms with E-state index in [4.69, 9.17) is 10.5 Å². The Morgan fingerprint density at radius 3 is 2.58 bits per heavy atom. The number of hydrogen-bond acceptors (Lipinski definition) is 5. The molecule has 2 saturated carbocycles. The number of amides is 1. The zero-order valence-corrected chi connectivity index (χ0v) is 14.5. The van der Waals surface area contributed by atoms with Gasteiger partial charge in [0.2, 0.25) is 5.95 Å². The normalized spacial score (nSPS) is 24.9. The number of hydrogen-bond donors (Lipinski definition) is 2. The van der Waals surface area contributed by atoms with Gasteiger partial charge in [0, 0.05) is 19.3 Å². The van der Waals surface area contributed by atoms with Gasteiger partial charge in [-0.25, -0.2) is 9.97 Å². The number of methoxy groups -OCH3 is 1. The van der Waals surface area contributed by atoms with Gasteiger partial charge in [0.1, 0.15) is 0 Å². The molecule has 2 aliphatic carbocycles. The third kappa shape index (κ3) is 4.23. The van der Waals surface area contributed by atoms with Crippen molar-refractivity contribution in [1.29, 1.82) is 0 Å². The number of nitrogens with two attached hydrogens (primary N) is 1. The maximum atomic E-state index is 11.7. The first-order valence-corrected chi connectivity index (χ1v) is 9.10. The van der Waals surface area contributed by atoms with Crippen molar-refractivity contribution in [1.82, 2.24) is 9.97 Å². The van der Waals surface area contributed by atoms with Gasteiger partial charge >= 0.3 is 0 Å². The summed E-state index contributed by atoms with van der Waals surface area (Å²) in [5.74, 6) is 0.798. The topological polar surface area (TPSA) is 90.1 Å². The van der Waals surface area contributed by atoms with E-state index >= 15 is 0 Å². The van der Waals surface area contributed by atoms with Crippen molar-refractivity contribution < 1.29 is 9.53 Å². The van der Waals surface area contributed by atoms with Gasteiger partial charge < -0.3 is 15.8 Å². The van der Waals surface area contributed by atoms with Crippen molar-refractivity contribution in [3.63, 3.8) is 0 Å². The number of ether oxygens (including phenoxy) is 1. The maximum absolute atomic E-state index is 11.7. The van der Waals surface area contributed by atoms with Gasteiger partial charge in [0.25, 0.3) is 5.91 Å². The van der Waals surface area contributed by atoms with Crippen molar-refractivity contribution >= 4 is 11.9 Å². The first kappa shape index (κ1) is 17.1. The molecule has 2 aliphatic rings. The van der Waals surface area contributed by atoms with Crippen LogP contribution in [0.5, 0.6) is 0 Å². The number of nitrogens with zero attached hydrogens (tertiary/aromatic N) is 2. The van der Waals surface area contributed by atoms with Crippen LogP contribution in [0.1, 0.15) is 67.4 Å². The van der Waals surface area contributed by atoms with Gasteiger partial charge in [-0.2, -0.15) is 0 Å². The van der Waals surface area contributed by atoms with E-state index in [1.54, 1.807) is 13.3 Å². The molecular weight excluding hydrogens is 304 g/mol. The average molecular weight is 332 g/mol. The van der Waals surface area contributed by atoms with E-state index in [9.17, 15) is 4.79 Å². The van der Waals surface area contributed by atoms with Gasteiger partial charge in [-0.05, 0) is 38.0 Å². The van der Waals surface area contributed by atoms with Crippen LogP contribution in [0.2, 0.25) is 0 Å². The highest BCUT2D eigenvalue weighted by Crippen LogP contribution is 2.29. The molecule has 0 spiro atoms. The van der Waals surface area contributed by atoms with Crippen molar-refractivity contribution in [2.24, 2.45) is 11.7 Å². The molecule has 0 aromatic carbocycles. The number of carbonyl (C=O) groups is 1. The largest absolute Gasteiger partial charge is 0.381 e. The fourth-order valence-corrected chi connectivity index (χ4v) is 3.96. The highest BCUT2D eigenvalue weighted by Gasteiger charge is 2.23. The fourth-order valence-electron chi connectivity index (χ4n) is 3.96. The van der Waals surface area contributed by atoms with Gasteiger partial charge in [-0.1, -0.05) is 25.7 Å². The van der Waals surface area contributed by atoms with E-state index < -0.39 is 5.91 Å². The summed E-state index contributed by atoms with van der Waals surface area (Å²) in [7, 11) is 1.78. The predicted octanol–water partition coefficient (Wildman–Crippen LogP) is 2.68. The molecule has 3 rings (SSSR count). The Morgan fingerprint density at radius 1 is 1.25 bits per heavy atom. The van der Waals surface area contributed by atoms with Crippen molar-refractivity contribution in [3.8, 4) is 0 Å². The molecule has 0 aliphatic heterocycles. The molecule has 0 unspecified atom stereocenters. The molecule has 6 heteroatoms. The van der Waals surface area contributed by atoms with E-state index in [0.29, 0.717) is 29.6 Å². The summed E-state index contributed by atoms with van der Waals surface area (Å²) < 4.78 is 5.41. The van der Waals surface area contributed by atoms with Gasteiger partial charge in [0.15, 0.2) is 0 Å². The molecule has 1 amide bonds. The number of carbonyl (C=O) groups excluding carboxylic acids is 1. The first-order valence-electron chi connectivity index (χ1n) is 9.10. The van der Waals surface area contributed by atoms with E-state index in [1.165, 1.54) is 25.7 Å². The maximum Gasteiger partial charge on any atom is 0.252 e. The molecule has 1 aromatic heterocycles. The van der Waals surface area contributed by atoms with Crippen LogP contribution in [0.3, 0.4) is 0 Å². The summed E-state index contributed by atoms with van der Waals surface area (Å²) in [4.78, 5) is 20.6. The Balaban J connectivity index is 1.68. The predicted molar refractivity (Wildman–Crippen MR) is 92.9 cm³/mol. The molecule has 6 nitrogen and oxygen atoms in total. The van der Waals surface area contributed by atoms with Gasteiger partial charge in [-0.3, -0.25) is 4.79 Å². The SMILES string of the molecule is CO[C@H]1CC[C@H](Nc2ncc(C(N)=O)c(CC3CCCC3)n2)CC1. The van der Waals surface area contributed by atoms with Crippen molar-refractivity contribution in [3.05, 3.63) is 17.5 Å². The summed E-state index contributed by atoms with van der Waals surface area (Å²) >= 11 is 0. The van der Waals surface area contributed by atoms with Crippen LogP contribution in [-0.4, -0.2) is 35.1 Å². The molecule has 0 saturated heterocycles. The standard InChI is InChI=1S/C18H28N4O2/c1-24-14-8-6-13(7-9-14)21-18-20-11-15(17(19)23)16(22-18)10-12-4-2-3-5-12/h11-14H,2-10H2,1H3,(H2,19,23)(H,20,21,22)/t13-,14-. The summed E-state index contributed by atoms with van der Waals surface area (Å²) in [6.07, 6.45) is 12.0. The Morgan fingerprint density at radius 2 is 1.96 bits per heavy atom. The van der Waals surface area contributed by atoms with Crippen LogP contribution < -0.4 is 11.1 Å². The Labute approximate surface area is 143 Å². The zero-order chi connectivity index (χ0) is 16.9. The molecule has 0 radical (unpaired) electrons. The molecule has 3 N–H and O–H groups in total. The van der Waals surface area contributed by atoms with Crippen LogP contribution in [-0.2, 0) is 11.2 Å². The highest BCUT2D eigenvalue weighted by molar-refractivity contribution is 5.93. The molecule has 0 bridgehead atoms. The van der Waals surface area contributed by atoms with Crippen LogP contribution in [0, 0.1) is 5.92 Å². The van der Waals surface area contributed by atoms with Crippen LogP contribution in [0.25, 0.3) is 0 Å². The second-order valence-electron chi connectivity index (χ2n) is 7.13. The number of aromatic nitrogens is 2. The van der Waals surface area contributed by atoms with E-state index in [1.807, 2.05) is 0 Å².